The van der Waals surface area contributed by atoms with Crippen LogP contribution in [0.3, 0.4) is 0 Å². The molecule has 66 valence electrons. The fourth-order valence-corrected chi connectivity index (χ4v) is 2.06. The van der Waals surface area contributed by atoms with Gasteiger partial charge in [0.05, 0.1) is 0 Å². The first kappa shape index (κ1) is 8.95. The van der Waals surface area contributed by atoms with Gasteiger partial charge in [-0.3, -0.25) is 0 Å². The molecule has 0 aromatic carbocycles. The van der Waals surface area contributed by atoms with Crippen LogP contribution in [0.2, 0.25) is 0 Å². The lowest BCUT2D eigenvalue weighted by atomic mass is 9.78. The van der Waals surface area contributed by atoms with Gasteiger partial charge >= 0.3 is 0 Å². The quantitative estimate of drug-likeness (QED) is 0.583. The van der Waals surface area contributed by atoms with Gasteiger partial charge in [-0.05, 0) is 17.8 Å². The van der Waals surface area contributed by atoms with E-state index in [-0.39, 0.29) is 11.8 Å². The van der Waals surface area contributed by atoms with Crippen LogP contribution in [0.4, 0.5) is 8.78 Å². The summed E-state index contributed by atoms with van der Waals surface area (Å²) in [5.74, 6) is 0.483. The zero-order valence-electron chi connectivity index (χ0n) is 7.24. The molecule has 11 heavy (non-hydrogen) atoms. The average molecular weight is 162 g/mol. The first-order chi connectivity index (χ1) is 5.04. The van der Waals surface area contributed by atoms with E-state index in [4.69, 9.17) is 0 Å². The molecule has 1 saturated carbocycles. The Morgan fingerprint density at radius 2 is 2.18 bits per heavy atom. The third-order valence-corrected chi connectivity index (χ3v) is 3.20. The molecule has 1 fully saturated rings. The SMILES string of the molecule is CC1CCCC1(C)CC(F)F. The lowest BCUT2D eigenvalue weighted by molar-refractivity contribution is 0.0635. The molecule has 0 spiro atoms. The Hall–Kier alpha value is -0.140. The molecule has 0 N–H and O–H groups in total. The fourth-order valence-electron chi connectivity index (χ4n) is 2.06. The minimum atomic E-state index is -2.12. The zero-order chi connectivity index (χ0) is 8.48. The van der Waals surface area contributed by atoms with Crippen molar-refractivity contribution >= 4 is 0 Å². The maximum absolute atomic E-state index is 12.1. The van der Waals surface area contributed by atoms with E-state index in [0.717, 1.165) is 19.3 Å². The van der Waals surface area contributed by atoms with Gasteiger partial charge in [0.15, 0.2) is 0 Å². The average Bonchev–Trinajstić information content (AvgIpc) is 2.11. The van der Waals surface area contributed by atoms with E-state index in [1.54, 1.807) is 0 Å². The number of alkyl halides is 2. The standard InChI is InChI=1S/C9H16F2/c1-7-4-3-5-9(7,2)6-8(10)11/h7-8H,3-6H2,1-2H3. The van der Waals surface area contributed by atoms with E-state index in [0.29, 0.717) is 5.92 Å². The van der Waals surface area contributed by atoms with Crippen LogP contribution in [0.25, 0.3) is 0 Å². The molecule has 0 aliphatic heterocycles. The smallest absolute Gasteiger partial charge is 0.211 e. The number of rotatable bonds is 2. The molecule has 0 amide bonds. The predicted molar refractivity (Wildman–Crippen MR) is 41.7 cm³/mol. The van der Waals surface area contributed by atoms with Crippen molar-refractivity contribution in [2.75, 3.05) is 0 Å². The Morgan fingerprint density at radius 3 is 2.55 bits per heavy atom. The third-order valence-electron chi connectivity index (χ3n) is 3.20. The van der Waals surface area contributed by atoms with E-state index in [1.807, 2.05) is 6.92 Å². The predicted octanol–water partition coefficient (Wildman–Crippen LogP) is 3.47. The number of halogens is 2. The highest BCUT2D eigenvalue weighted by atomic mass is 19.3. The Labute approximate surface area is 67.0 Å². The third kappa shape index (κ3) is 1.91. The van der Waals surface area contributed by atoms with Crippen molar-refractivity contribution in [3.63, 3.8) is 0 Å². The van der Waals surface area contributed by atoms with Gasteiger partial charge in [0.2, 0.25) is 6.43 Å². The van der Waals surface area contributed by atoms with Gasteiger partial charge in [-0.15, -0.1) is 0 Å². The Morgan fingerprint density at radius 1 is 1.55 bits per heavy atom. The summed E-state index contributed by atoms with van der Waals surface area (Å²) < 4.78 is 24.2. The Balaban J connectivity index is 2.51. The molecular formula is C9H16F2. The molecule has 0 heterocycles. The van der Waals surface area contributed by atoms with Crippen molar-refractivity contribution in [3.05, 3.63) is 0 Å². The molecule has 0 aromatic heterocycles. The molecule has 0 radical (unpaired) electrons. The lowest BCUT2D eigenvalue weighted by Gasteiger charge is -2.28. The minimum Gasteiger partial charge on any atom is -0.211 e. The van der Waals surface area contributed by atoms with Crippen molar-refractivity contribution in [1.82, 2.24) is 0 Å². The van der Waals surface area contributed by atoms with Gasteiger partial charge in [-0.25, -0.2) is 8.78 Å². The second-order valence-electron chi connectivity index (χ2n) is 4.04. The van der Waals surface area contributed by atoms with Gasteiger partial charge in [0.1, 0.15) is 0 Å². The molecule has 2 unspecified atom stereocenters. The largest absolute Gasteiger partial charge is 0.239 e. The highest BCUT2D eigenvalue weighted by molar-refractivity contribution is 4.86. The van der Waals surface area contributed by atoms with Gasteiger partial charge in [-0.1, -0.05) is 26.7 Å². The van der Waals surface area contributed by atoms with Crippen LogP contribution in [0.15, 0.2) is 0 Å². The first-order valence-corrected chi connectivity index (χ1v) is 4.33. The van der Waals surface area contributed by atoms with Crippen molar-refractivity contribution in [2.45, 2.75) is 46.0 Å². The van der Waals surface area contributed by atoms with E-state index in [2.05, 4.69) is 6.92 Å². The van der Waals surface area contributed by atoms with Gasteiger partial charge in [-0.2, -0.15) is 0 Å². The second-order valence-corrected chi connectivity index (χ2v) is 4.04. The van der Waals surface area contributed by atoms with Crippen molar-refractivity contribution in [1.29, 1.82) is 0 Å². The zero-order valence-corrected chi connectivity index (χ0v) is 7.24. The highest BCUT2D eigenvalue weighted by Gasteiger charge is 2.37. The summed E-state index contributed by atoms with van der Waals surface area (Å²) in [6, 6.07) is 0. The minimum absolute atomic E-state index is 0.0752. The van der Waals surface area contributed by atoms with Gasteiger partial charge in [0, 0.05) is 6.42 Å². The van der Waals surface area contributed by atoms with Crippen LogP contribution in [-0.2, 0) is 0 Å². The van der Waals surface area contributed by atoms with Crippen LogP contribution in [0.1, 0.15) is 39.5 Å². The molecule has 0 nitrogen and oxygen atoms in total. The van der Waals surface area contributed by atoms with E-state index < -0.39 is 6.43 Å². The van der Waals surface area contributed by atoms with Crippen LogP contribution >= 0.6 is 0 Å². The monoisotopic (exact) mass is 162 g/mol. The fraction of sp³-hybridized carbons (Fsp3) is 1.00. The van der Waals surface area contributed by atoms with Crippen LogP contribution < -0.4 is 0 Å². The number of hydrogen-bond acceptors (Lipinski definition) is 0. The van der Waals surface area contributed by atoms with Crippen molar-refractivity contribution in [2.24, 2.45) is 11.3 Å². The molecule has 0 saturated heterocycles. The van der Waals surface area contributed by atoms with Crippen molar-refractivity contribution in [3.8, 4) is 0 Å². The molecule has 1 aliphatic carbocycles. The Kier molecular flexibility index (Phi) is 2.50. The number of hydrogen-bond donors (Lipinski definition) is 0. The highest BCUT2D eigenvalue weighted by Crippen LogP contribution is 2.46. The maximum Gasteiger partial charge on any atom is 0.239 e. The first-order valence-electron chi connectivity index (χ1n) is 4.33. The molecular weight excluding hydrogens is 146 g/mol. The van der Waals surface area contributed by atoms with E-state index in [1.165, 1.54) is 0 Å². The van der Waals surface area contributed by atoms with Gasteiger partial charge < -0.3 is 0 Å². The summed E-state index contributed by atoms with van der Waals surface area (Å²) in [5, 5.41) is 0. The summed E-state index contributed by atoms with van der Waals surface area (Å²) >= 11 is 0. The molecule has 1 rings (SSSR count). The Bertz CT molecular complexity index is 134. The van der Waals surface area contributed by atoms with E-state index >= 15 is 0 Å². The maximum atomic E-state index is 12.1. The molecule has 2 heteroatoms. The summed E-state index contributed by atoms with van der Waals surface area (Å²) in [6.07, 6.45) is 1.21. The lowest BCUT2D eigenvalue weighted by Crippen LogP contribution is -2.22. The molecule has 2 atom stereocenters. The van der Waals surface area contributed by atoms with Crippen LogP contribution in [0.5, 0.6) is 0 Å². The topological polar surface area (TPSA) is 0 Å². The summed E-state index contributed by atoms with van der Waals surface area (Å²) in [5.41, 5.74) is -0.0752. The summed E-state index contributed by atoms with van der Waals surface area (Å²) in [4.78, 5) is 0. The molecule has 0 bridgehead atoms. The molecule has 0 aromatic rings. The van der Waals surface area contributed by atoms with Crippen LogP contribution in [-0.4, -0.2) is 6.43 Å². The summed E-state index contributed by atoms with van der Waals surface area (Å²) in [7, 11) is 0. The van der Waals surface area contributed by atoms with E-state index in [9.17, 15) is 8.78 Å². The second kappa shape index (κ2) is 3.08. The van der Waals surface area contributed by atoms with Crippen LogP contribution in [0, 0.1) is 11.3 Å². The molecule has 1 aliphatic rings. The van der Waals surface area contributed by atoms with Gasteiger partial charge in [0.25, 0.3) is 0 Å². The van der Waals surface area contributed by atoms with Crippen molar-refractivity contribution < 1.29 is 8.78 Å². The normalized spacial score (nSPS) is 38.5. The summed E-state index contributed by atoms with van der Waals surface area (Å²) in [6.45, 7) is 4.09.